The lowest BCUT2D eigenvalue weighted by Gasteiger charge is -2.19. The number of carbonyl (C=O) groups is 1. The van der Waals surface area contributed by atoms with E-state index in [4.69, 9.17) is 5.11 Å². The van der Waals surface area contributed by atoms with Crippen LogP contribution in [0, 0.1) is 5.92 Å². The van der Waals surface area contributed by atoms with Crippen LogP contribution in [0.5, 0.6) is 0 Å². The maximum absolute atomic E-state index is 11.7. The lowest BCUT2D eigenvalue weighted by molar-refractivity contribution is -0.119. The van der Waals surface area contributed by atoms with E-state index in [1.807, 2.05) is 32.0 Å². The Hall–Kier alpha value is -1.00. The van der Waals surface area contributed by atoms with E-state index in [0.29, 0.717) is 5.75 Å². The monoisotopic (exact) mass is 267 g/mol. The fraction of sp³-hybridized carbons (Fsp3) is 0.500. The van der Waals surface area contributed by atoms with Crippen LogP contribution in [0.15, 0.2) is 30.3 Å². The third kappa shape index (κ3) is 5.56. The van der Waals surface area contributed by atoms with Crippen molar-refractivity contribution in [2.45, 2.75) is 25.6 Å². The van der Waals surface area contributed by atoms with Gasteiger partial charge in [-0.2, -0.15) is 0 Å². The SMILES string of the molecule is CC(C)C(CO)NC(=O)CSCc1ccccc1. The molecule has 0 bridgehead atoms. The average molecular weight is 267 g/mol. The second-order valence-corrected chi connectivity index (χ2v) is 5.56. The van der Waals surface area contributed by atoms with Crippen LogP contribution in [-0.4, -0.2) is 29.4 Å². The molecule has 4 heteroatoms. The maximum atomic E-state index is 11.7. The first kappa shape index (κ1) is 15.1. The molecule has 1 aromatic rings. The van der Waals surface area contributed by atoms with Gasteiger partial charge >= 0.3 is 0 Å². The van der Waals surface area contributed by atoms with Gasteiger partial charge < -0.3 is 10.4 Å². The highest BCUT2D eigenvalue weighted by atomic mass is 32.2. The quantitative estimate of drug-likeness (QED) is 0.795. The smallest absolute Gasteiger partial charge is 0.230 e. The molecule has 0 spiro atoms. The maximum Gasteiger partial charge on any atom is 0.230 e. The summed E-state index contributed by atoms with van der Waals surface area (Å²) in [5, 5.41) is 12.0. The lowest BCUT2D eigenvalue weighted by Crippen LogP contribution is -2.42. The Kier molecular flexibility index (Phi) is 6.83. The molecule has 0 radical (unpaired) electrons. The highest BCUT2D eigenvalue weighted by molar-refractivity contribution is 7.99. The van der Waals surface area contributed by atoms with Crippen molar-refractivity contribution in [1.29, 1.82) is 0 Å². The molecule has 100 valence electrons. The van der Waals surface area contributed by atoms with Crippen molar-refractivity contribution >= 4 is 17.7 Å². The number of hydrogen-bond donors (Lipinski definition) is 2. The number of rotatable bonds is 7. The van der Waals surface area contributed by atoms with Gasteiger partial charge in [-0.25, -0.2) is 0 Å². The molecule has 0 heterocycles. The molecule has 1 rings (SSSR count). The number of amides is 1. The van der Waals surface area contributed by atoms with Gasteiger partial charge in [-0.3, -0.25) is 4.79 Å². The molecular weight excluding hydrogens is 246 g/mol. The highest BCUT2D eigenvalue weighted by Gasteiger charge is 2.14. The summed E-state index contributed by atoms with van der Waals surface area (Å²) in [4.78, 5) is 11.7. The average Bonchev–Trinajstić information content (AvgIpc) is 2.37. The number of aliphatic hydroxyl groups is 1. The van der Waals surface area contributed by atoms with Gasteiger partial charge in [0.15, 0.2) is 0 Å². The van der Waals surface area contributed by atoms with Crippen LogP contribution >= 0.6 is 11.8 Å². The molecule has 0 aliphatic heterocycles. The minimum absolute atomic E-state index is 0.00718. The zero-order valence-electron chi connectivity index (χ0n) is 10.9. The van der Waals surface area contributed by atoms with E-state index in [2.05, 4.69) is 17.4 Å². The first-order valence-electron chi connectivity index (χ1n) is 6.15. The van der Waals surface area contributed by atoms with Gasteiger partial charge in [0.05, 0.1) is 18.4 Å². The Bertz CT molecular complexity index is 354. The van der Waals surface area contributed by atoms with Gasteiger partial charge in [0, 0.05) is 5.75 Å². The number of aliphatic hydroxyl groups excluding tert-OH is 1. The Morgan fingerprint density at radius 2 is 2.00 bits per heavy atom. The molecule has 0 fully saturated rings. The summed E-state index contributed by atoms with van der Waals surface area (Å²) < 4.78 is 0. The summed E-state index contributed by atoms with van der Waals surface area (Å²) in [5.74, 6) is 1.50. The zero-order valence-corrected chi connectivity index (χ0v) is 11.7. The molecule has 18 heavy (non-hydrogen) atoms. The Labute approximate surface area is 113 Å². The van der Waals surface area contributed by atoms with E-state index in [1.165, 1.54) is 5.56 Å². The molecule has 0 saturated carbocycles. The van der Waals surface area contributed by atoms with E-state index in [9.17, 15) is 4.79 Å². The van der Waals surface area contributed by atoms with Crippen molar-refractivity contribution in [2.24, 2.45) is 5.92 Å². The highest BCUT2D eigenvalue weighted by Crippen LogP contribution is 2.11. The minimum Gasteiger partial charge on any atom is -0.394 e. The van der Waals surface area contributed by atoms with Crippen molar-refractivity contribution in [3.63, 3.8) is 0 Å². The third-order valence-electron chi connectivity index (χ3n) is 2.69. The normalized spacial score (nSPS) is 12.4. The number of benzene rings is 1. The molecular formula is C14H21NO2S. The van der Waals surface area contributed by atoms with Crippen LogP contribution in [0.2, 0.25) is 0 Å². The van der Waals surface area contributed by atoms with Gasteiger partial charge in [0.2, 0.25) is 5.91 Å². The largest absolute Gasteiger partial charge is 0.394 e. The molecule has 2 N–H and O–H groups in total. The van der Waals surface area contributed by atoms with Crippen molar-refractivity contribution < 1.29 is 9.90 Å². The Morgan fingerprint density at radius 3 is 2.56 bits per heavy atom. The molecule has 1 amide bonds. The predicted octanol–water partition coefficient (Wildman–Crippen LogP) is 2.05. The Balaban J connectivity index is 2.25. The molecule has 0 aromatic heterocycles. The fourth-order valence-electron chi connectivity index (χ4n) is 1.51. The van der Waals surface area contributed by atoms with Crippen molar-refractivity contribution in [3.05, 3.63) is 35.9 Å². The summed E-state index contributed by atoms with van der Waals surface area (Å²) >= 11 is 1.58. The van der Waals surface area contributed by atoms with Crippen molar-refractivity contribution in [1.82, 2.24) is 5.32 Å². The topological polar surface area (TPSA) is 49.3 Å². The van der Waals surface area contributed by atoms with E-state index < -0.39 is 0 Å². The van der Waals surface area contributed by atoms with Crippen LogP contribution in [0.4, 0.5) is 0 Å². The van der Waals surface area contributed by atoms with E-state index in [-0.39, 0.29) is 24.5 Å². The first-order chi connectivity index (χ1) is 8.63. The van der Waals surface area contributed by atoms with Crippen LogP contribution in [-0.2, 0) is 10.5 Å². The van der Waals surface area contributed by atoms with Crippen LogP contribution in [0.3, 0.4) is 0 Å². The summed E-state index contributed by atoms with van der Waals surface area (Å²) in [6.07, 6.45) is 0. The van der Waals surface area contributed by atoms with E-state index in [0.717, 1.165) is 5.75 Å². The molecule has 0 aliphatic carbocycles. The predicted molar refractivity (Wildman–Crippen MR) is 76.5 cm³/mol. The lowest BCUT2D eigenvalue weighted by atomic mass is 10.1. The minimum atomic E-state index is -0.144. The Morgan fingerprint density at radius 1 is 1.33 bits per heavy atom. The standard InChI is InChI=1S/C14H21NO2S/c1-11(2)13(8-16)15-14(17)10-18-9-12-6-4-3-5-7-12/h3-7,11,13,16H,8-10H2,1-2H3,(H,15,17). The second-order valence-electron chi connectivity index (χ2n) is 4.58. The molecule has 3 nitrogen and oxygen atoms in total. The third-order valence-corrected chi connectivity index (χ3v) is 3.70. The van der Waals surface area contributed by atoms with Gasteiger partial charge in [-0.1, -0.05) is 44.2 Å². The molecule has 1 atom stereocenters. The zero-order chi connectivity index (χ0) is 13.4. The number of nitrogens with one attached hydrogen (secondary N) is 1. The van der Waals surface area contributed by atoms with Gasteiger partial charge in [-0.05, 0) is 11.5 Å². The number of hydrogen-bond acceptors (Lipinski definition) is 3. The van der Waals surface area contributed by atoms with Crippen LogP contribution < -0.4 is 5.32 Å². The number of carbonyl (C=O) groups excluding carboxylic acids is 1. The van der Waals surface area contributed by atoms with Gasteiger partial charge in [0.1, 0.15) is 0 Å². The van der Waals surface area contributed by atoms with Crippen molar-refractivity contribution in [2.75, 3.05) is 12.4 Å². The summed E-state index contributed by atoms with van der Waals surface area (Å²) in [5.41, 5.74) is 1.22. The fourth-order valence-corrected chi connectivity index (χ4v) is 2.31. The van der Waals surface area contributed by atoms with Crippen LogP contribution in [0.1, 0.15) is 19.4 Å². The summed E-state index contributed by atoms with van der Waals surface area (Å²) in [7, 11) is 0. The summed E-state index contributed by atoms with van der Waals surface area (Å²) in [6, 6.07) is 9.93. The van der Waals surface area contributed by atoms with Crippen LogP contribution in [0.25, 0.3) is 0 Å². The van der Waals surface area contributed by atoms with Gasteiger partial charge in [0.25, 0.3) is 0 Å². The van der Waals surface area contributed by atoms with Crippen molar-refractivity contribution in [3.8, 4) is 0 Å². The molecule has 1 unspecified atom stereocenters. The van der Waals surface area contributed by atoms with E-state index in [1.54, 1.807) is 11.8 Å². The molecule has 1 aromatic carbocycles. The van der Waals surface area contributed by atoms with Gasteiger partial charge in [-0.15, -0.1) is 11.8 Å². The number of thioether (sulfide) groups is 1. The molecule has 0 aliphatic rings. The first-order valence-corrected chi connectivity index (χ1v) is 7.31. The second kappa shape index (κ2) is 8.16. The van der Waals surface area contributed by atoms with E-state index >= 15 is 0 Å². The summed E-state index contributed by atoms with van der Waals surface area (Å²) in [6.45, 7) is 3.96. The molecule has 0 saturated heterocycles.